The molecule has 3 saturated heterocycles. The molecule has 1 N–H and O–H groups in total. The predicted octanol–water partition coefficient (Wildman–Crippen LogP) is -1.60. The molecular weight excluding hydrogens is 418 g/mol. The number of carbonyl (C=O) groups excluding carboxylic acids is 3. The lowest BCUT2D eigenvalue weighted by molar-refractivity contribution is -0.153. The van der Waals surface area contributed by atoms with E-state index in [4.69, 9.17) is 14.2 Å². The lowest BCUT2D eigenvalue weighted by atomic mass is 9.78. The largest absolute Gasteiger partial charge is 0.461 e. The SMILES string of the molecule is O=C1OCC=C[C@@H]2O[C@]34C=CCN(CCN5CCOCC5)C(=O)C3N(CCO)C(=O)[C@@H]4[C@H]12. The lowest BCUT2D eigenvalue weighted by Crippen LogP contribution is -2.56. The van der Waals surface area contributed by atoms with Gasteiger partial charge in [0.05, 0.1) is 31.8 Å². The highest BCUT2D eigenvalue weighted by molar-refractivity contribution is 5.99. The molecule has 32 heavy (non-hydrogen) atoms. The molecule has 0 radical (unpaired) electrons. The molecule has 5 atom stereocenters. The minimum atomic E-state index is -1.26. The van der Waals surface area contributed by atoms with Crippen molar-refractivity contribution in [2.24, 2.45) is 11.8 Å². The normalized spacial score (nSPS) is 37.1. The molecule has 10 nitrogen and oxygen atoms in total. The maximum atomic E-state index is 13.8. The van der Waals surface area contributed by atoms with E-state index >= 15 is 0 Å². The van der Waals surface area contributed by atoms with Crippen LogP contribution in [0.4, 0.5) is 0 Å². The summed E-state index contributed by atoms with van der Waals surface area (Å²) in [5, 5.41) is 9.62. The zero-order valence-electron chi connectivity index (χ0n) is 17.9. The fourth-order valence-corrected chi connectivity index (χ4v) is 5.65. The van der Waals surface area contributed by atoms with Crippen molar-refractivity contribution in [1.29, 1.82) is 0 Å². The summed E-state index contributed by atoms with van der Waals surface area (Å²) >= 11 is 0. The molecule has 0 aliphatic carbocycles. The second-order valence-corrected chi connectivity index (χ2v) is 8.80. The van der Waals surface area contributed by atoms with Gasteiger partial charge in [0.25, 0.3) is 0 Å². The monoisotopic (exact) mass is 447 g/mol. The van der Waals surface area contributed by atoms with Crippen LogP contribution in [0.5, 0.6) is 0 Å². The van der Waals surface area contributed by atoms with E-state index in [1.54, 1.807) is 23.1 Å². The summed E-state index contributed by atoms with van der Waals surface area (Å²) in [5.74, 6) is -2.74. The third kappa shape index (κ3) is 3.37. The van der Waals surface area contributed by atoms with E-state index in [2.05, 4.69) is 4.90 Å². The summed E-state index contributed by atoms with van der Waals surface area (Å²) in [7, 11) is 0. The molecule has 5 heterocycles. The highest BCUT2D eigenvalue weighted by Gasteiger charge is 2.71. The van der Waals surface area contributed by atoms with E-state index in [0.717, 1.165) is 13.1 Å². The van der Waals surface area contributed by atoms with Gasteiger partial charge in [-0.3, -0.25) is 19.3 Å². The van der Waals surface area contributed by atoms with E-state index in [1.807, 2.05) is 6.08 Å². The topological polar surface area (TPSA) is 109 Å². The number of fused-ring (bicyclic) bond motifs is 2. The summed E-state index contributed by atoms with van der Waals surface area (Å²) in [5.41, 5.74) is -1.26. The summed E-state index contributed by atoms with van der Waals surface area (Å²) in [4.78, 5) is 45.4. The number of carbonyl (C=O) groups is 3. The predicted molar refractivity (Wildman–Crippen MR) is 110 cm³/mol. The molecule has 174 valence electrons. The quantitative estimate of drug-likeness (QED) is 0.397. The molecule has 1 unspecified atom stereocenters. The first-order valence-electron chi connectivity index (χ1n) is 11.3. The first kappa shape index (κ1) is 21.6. The Kier molecular flexibility index (Phi) is 5.79. The zero-order chi connectivity index (χ0) is 22.3. The van der Waals surface area contributed by atoms with Gasteiger partial charge in [0, 0.05) is 39.3 Å². The average molecular weight is 447 g/mol. The lowest BCUT2D eigenvalue weighted by Gasteiger charge is -2.36. The summed E-state index contributed by atoms with van der Waals surface area (Å²) in [6.07, 6.45) is 6.49. The van der Waals surface area contributed by atoms with Gasteiger partial charge in [-0.25, -0.2) is 0 Å². The second kappa shape index (κ2) is 8.58. The summed E-state index contributed by atoms with van der Waals surface area (Å²) in [6, 6.07) is -0.927. The Morgan fingerprint density at radius 1 is 1.06 bits per heavy atom. The van der Waals surface area contributed by atoms with Gasteiger partial charge in [-0.05, 0) is 6.08 Å². The van der Waals surface area contributed by atoms with Crippen molar-refractivity contribution in [3.8, 4) is 0 Å². The number of rotatable bonds is 5. The fourth-order valence-electron chi connectivity index (χ4n) is 5.65. The number of β-amino-alcohol motifs (C(OH)–C–C–N with tert-alkyl or cyclic N) is 1. The third-order valence-electron chi connectivity index (χ3n) is 7.13. The standard InChI is InChI=1S/C22H29N3O7/c26-11-8-25-18-20(28)24(7-6-23-9-13-30-14-10-23)5-2-4-22(18)17(19(25)27)16-15(32-22)3-1-12-31-21(16)29/h1-4,15-18,26H,5-14H2/t15-,16+,17-,18?,22-/m0/s1. The maximum Gasteiger partial charge on any atom is 0.313 e. The molecule has 1 spiro atoms. The Morgan fingerprint density at radius 2 is 1.88 bits per heavy atom. The Morgan fingerprint density at radius 3 is 2.66 bits per heavy atom. The van der Waals surface area contributed by atoms with Crippen LogP contribution in [-0.2, 0) is 28.6 Å². The van der Waals surface area contributed by atoms with E-state index in [1.165, 1.54) is 4.90 Å². The van der Waals surface area contributed by atoms with Crippen LogP contribution in [0, 0.1) is 11.8 Å². The number of hydrogen-bond donors (Lipinski definition) is 1. The molecule has 5 aliphatic rings. The number of aliphatic hydroxyl groups is 1. The summed E-state index contributed by atoms with van der Waals surface area (Å²) < 4.78 is 17.0. The molecule has 0 saturated carbocycles. The number of cyclic esters (lactones) is 1. The number of esters is 1. The number of amides is 2. The Bertz CT molecular complexity index is 839. The van der Waals surface area contributed by atoms with Crippen LogP contribution in [0.3, 0.4) is 0 Å². The minimum Gasteiger partial charge on any atom is -0.461 e. The van der Waals surface area contributed by atoms with Gasteiger partial charge < -0.3 is 29.1 Å². The van der Waals surface area contributed by atoms with E-state index in [9.17, 15) is 19.5 Å². The highest BCUT2D eigenvalue weighted by Crippen LogP contribution is 2.53. The van der Waals surface area contributed by atoms with Gasteiger partial charge in [-0.1, -0.05) is 18.2 Å². The fraction of sp³-hybridized carbons (Fsp3) is 0.682. The van der Waals surface area contributed by atoms with Gasteiger partial charge in [0.2, 0.25) is 11.8 Å². The van der Waals surface area contributed by atoms with Gasteiger partial charge in [-0.2, -0.15) is 0 Å². The van der Waals surface area contributed by atoms with Crippen LogP contribution in [0.1, 0.15) is 0 Å². The molecule has 0 aromatic carbocycles. The minimum absolute atomic E-state index is 0.00423. The maximum absolute atomic E-state index is 13.8. The second-order valence-electron chi connectivity index (χ2n) is 8.80. The Hall–Kier alpha value is -2.27. The van der Waals surface area contributed by atoms with Crippen LogP contribution < -0.4 is 0 Å². The van der Waals surface area contributed by atoms with Crippen LogP contribution in [-0.4, -0.2) is 121 Å². The Labute approximate surface area is 186 Å². The van der Waals surface area contributed by atoms with Gasteiger partial charge >= 0.3 is 5.97 Å². The van der Waals surface area contributed by atoms with Crippen molar-refractivity contribution in [1.82, 2.24) is 14.7 Å². The summed E-state index contributed by atoms with van der Waals surface area (Å²) in [6.45, 7) is 4.48. The third-order valence-corrected chi connectivity index (χ3v) is 7.13. The van der Waals surface area contributed by atoms with E-state index < -0.39 is 35.6 Å². The number of morpholine rings is 1. The van der Waals surface area contributed by atoms with Gasteiger partial charge in [-0.15, -0.1) is 0 Å². The van der Waals surface area contributed by atoms with Gasteiger partial charge in [0.1, 0.15) is 24.2 Å². The van der Waals surface area contributed by atoms with Gasteiger partial charge in [0.15, 0.2) is 0 Å². The van der Waals surface area contributed by atoms with Crippen molar-refractivity contribution in [3.05, 3.63) is 24.3 Å². The number of ether oxygens (including phenoxy) is 3. The Balaban J connectivity index is 1.45. The van der Waals surface area contributed by atoms with Crippen LogP contribution in [0.25, 0.3) is 0 Å². The van der Waals surface area contributed by atoms with Crippen molar-refractivity contribution in [3.63, 3.8) is 0 Å². The van der Waals surface area contributed by atoms with Crippen LogP contribution >= 0.6 is 0 Å². The molecule has 0 bridgehead atoms. The van der Waals surface area contributed by atoms with Crippen LogP contribution in [0.15, 0.2) is 24.3 Å². The molecule has 5 aliphatic heterocycles. The van der Waals surface area contributed by atoms with Crippen molar-refractivity contribution < 1.29 is 33.7 Å². The molecule has 10 heteroatoms. The number of likely N-dealkylation sites (tertiary alicyclic amines) is 1. The first-order valence-corrected chi connectivity index (χ1v) is 11.3. The molecule has 0 aromatic heterocycles. The van der Waals surface area contributed by atoms with E-state index in [0.29, 0.717) is 32.8 Å². The molecule has 0 aromatic rings. The first-order chi connectivity index (χ1) is 15.6. The zero-order valence-corrected chi connectivity index (χ0v) is 17.9. The van der Waals surface area contributed by atoms with Crippen LogP contribution in [0.2, 0.25) is 0 Å². The van der Waals surface area contributed by atoms with Crippen molar-refractivity contribution in [2.45, 2.75) is 17.7 Å². The van der Waals surface area contributed by atoms with Crippen molar-refractivity contribution >= 4 is 17.8 Å². The highest BCUT2D eigenvalue weighted by atomic mass is 16.6. The molecule has 5 rings (SSSR count). The number of aliphatic hydroxyl groups excluding tert-OH is 1. The smallest absolute Gasteiger partial charge is 0.313 e. The van der Waals surface area contributed by atoms with Crippen molar-refractivity contribution in [2.75, 3.05) is 65.7 Å². The molecule has 2 amide bonds. The number of hydrogen-bond acceptors (Lipinski definition) is 8. The molecule has 3 fully saturated rings. The molecular formula is C22H29N3O7. The average Bonchev–Trinajstić information content (AvgIpc) is 3.09. The number of nitrogens with zero attached hydrogens (tertiary/aromatic N) is 3. The van der Waals surface area contributed by atoms with E-state index in [-0.39, 0.29) is 31.6 Å².